The minimum atomic E-state index is -4.53. The third-order valence-electron chi connectivity index (χ3n) is 4.42. The number of nitrogens with one attached hydrogen (secondary N) is 1. The quantitative estimate of drug-likeness (QED) is 0.711. The van der Waals surface area contributed by atoms with E-state index in [-0.39, 0.29) is 29.7 Å². The van der Waals surface area contributed by atoms with E-state index in [0.717, 1.165) is 11.6 Å². The van der Waals surface area contributed by atoms with Crippen molar-refractivity contribution in [2.45, 2.75) is 45.1 Å². The fourth-order valence-electron chi connectivity index (χ4n) is 2.92. The number of carbonyl (C=O) groups excluding carboxylic acids is 1. The van der Waals surface area contributed by atoms with Crippen LogP contribution in [0.5, 0.6) is 5.75 Å². The number of benzene rings is 1. The molecule has 2 unspecified atom stereocenters. The number of rotatable bonds is 8. The summed E-state index contributed by atoms with van der Waals surface area (Å²) < 4.78 is 46.0. The van der Waals surface area contributed by atoms with Crippen molar-refractivity contribution in [2.75, 3.05) is 0 Å². The smallest absolute Gasteiger partial charge is 0.416 e. The van der Waals surface area contributed by atoms with Crippen LogP contribution in [0.1, 0.15) is 43.0 Å². The number of hydrogen-bond donors (Lipinski definition) is 1. The Morgan fingerprint density at radius 2 is 1.90 bits per heavy atom. The number of hydrogen-bond acceptors (Lipinski definition) is 4. The van der Waals surface area contributed by atoms with Crippen molar-refractivity contribution in [3.63, 3.8) is 0 Å². The average Bonchev–Trinajstić information content (AvgIpc) is 3.50. The van der Waals surface area contributed by atoms with Crippen LogP contribution in [0.3, 0.4) is 0 Å². The number of pyridine rings is 1. The Labute approximate surface area is 167 Å². The first kappa shape index (κ1) is 20.8. The van der Waals surface area contributed by atoms with Gasteiger partial charge in [0.25, 0.3) is 5.91 Å². The van der Waals surface area contributed by atoms with E-state index in [1.54, 1.807) is 24.5 Å². The SMILES string of the molecule is CC(C)CC(Oc1ccc(C2C=N2)c(C(F)(F)F)c1)C(=O)NCc1ccncc1. The first-order valence-corrected chi connectivity index (χ1v) is 9.31. The van der Waals surface area contributed by atoms with Crippen molar-refractivity contribution in [1.82, 2.24) is 10.3 Å². The summed E-state index contributed by atoms with van der Waals surface area (Å²) >= 11 is 0. The standard InChI is InChI=1S/C21H22F3N3O2/c1-13(2)9-19(20(28)27-11-14-5-7-25-8-6-14)29-15-3-4-16(18-12-26-18)17(10-15)21(22,23)24/h3-8,10,12-13,18-19H,9,11H2,1-2H3,(H,27,28). The molecule has 0 bridgehead atoms. The van der Waals surface area contributed by atoms with Gasteiger partial charge in [-0.15, -0.1) is 0 Å². The number of halogens is 3. The van der Waals surface area contributed by atoms with Gasteiger partial charge in [0.2, 0.25) is 0 Å². The van der Waals surface area contributed by atoms with Gasteiger partial charge < -0.3 is 10.1 Å². The van der Waals surface area contributed by atoms with Gasteiger partial charge in [0.1, 0.15) is 11.8 Å². The molecule has 1 N–H and O–H groups in total. The molecule has 3 rings (SSSR count). The van der Waals surface area contributed by atoms with Gasteiger partial charge in [-0.1, -0.05) is 19.9 Å². The largest absolute Gasteiger partial charge is 0.481 e. The van der Waals surface area contributed by atoms with Crippen molar-refractivity contribution in [3.05, 3.63) is 59.4 Å². The molecule has 29 heavy (non-hydrogen) atoms. The Morgan fingerprint density at radius 3 is 2.48 bits per heavy atom. The zero-order valence-electron chi connectivity index (χ0n) is 16.1. The monoisotopic (exact) mass is 405 g/mol. The molecule has 1 aromatic carbocycles. The van der Waals surface area contributed by atoms with Gasteiger partial charge in [-0.2, -0.15) is 13.2 Å². The Morgan fingerprint density at radius 1 is 1.21 bits per heavy atom. The molecule has 0 fully saturated rings. The Hall–Kier alpha value is -2.90. The maximum Gasteiger partial charge on any atom is 0.416 e. The van der Waals surface area contributed by atoms with E-state index in [9.17, 15) is 18.0 Å². The summed E-state index contributed by atoms with van der Waals surface area (Å²) in [6.07, 6.45) is -0.365. The maximum atomic E-state index is 13.4. The molecular weight excluding hydrogens is 383 g/mol. The van der Waals surface area contributed by atoms with Crippen molar-refractivity contribution in [1.29, 1.82) is 0 Å². The normalized spacial score (nSPS) is 16.6. The van der Waals surface area contributed by atoms with Gasteiger partial charge in [-0.25, -0.2) is 0 Å². The lowest BCUT2D eigenvalue weighted by molar-refractivity contribution is -0.138. The second-order valence-corrected chi connectivity index (χ2v) is 7.30. The highest BCUT2D eigenvalue weighted by atomic mass is 19.4. The van der Waals surface area contributed by atoms with Crippen LogP contribution in [-0.4, -0.2) is 23.2 Å². The molecule has 8 heteroatoms. The molecule has 1 aromatic heterocycles. The van der Waals surface area contributed by atoms with Crippen molar-refractivity contribution >= 4 is 12.1 Å². The third-order valence-corrected chi connectivity index (χ3v) is 4.42. The number of nitrogens with zero attached hydrogens (tertiary/aromatic N) is 2. The summed E-state index contributed by atoms with van der Waals surface area (Å²) in [5.41, 5.74) is 0.162. The summed E-state index contributed by atoms with van der Waals surface area (Å²) in [5.74, 6) is -0.252. The predicted octanol–water partition coefficient (Wildman–Crippen LogP) is 4.34. The summed E-state index contributed by atoms with van der Waals surface area (Å²) in [6, 6.07) is 6.77. The second-order valence-electron chi connectivity index (χ2n) is 7.30. The van der Waals surface area contributed by atoms with Crippen molar-refractivity contribution in [3.8, 4) is 5.75 Å². The third kappa shape index (κ3) is 5.79. The number of carbonyl (C=O) groups is 1. The molecule has 0 spiro atoms. The molecule has 0 radical (unpaired) electrons. The summed E-state index contributed by atoms with van der Waals surface area (Å²) in [4.78, 5) is 20.4. The Balaban J connectivity index is 1.74. The first-order chi connectivity index (χ1) is 13.7. The van der Waals surface area contributed by atoms with Crippen LogP contribution in [0.15, 0.2) is 47.7 Å². The zero-order chi connectivity index (χ0) is 21.0. The fourth-order valence-corrected chi connectivity index (χ4v) is 2.92. The minimum absolute atomic E-state index is 0.00596. The van der Waals surface area contributed by atoms with Crippen LogP contribution >= 0.6 is 0 Å². The van der Waals surface area contributed by atoms with Crippen LogP contribution in [0, 0.1) is 5.92 Å². The molecule has 2 heterocycles. The number of amides is 1. The van der Waals surface area contributed by atoms with Gasteiger partial charge in [0.05, 0.1) is 5.56 Å². The molecule has 5 nitrogen and oxygen atoms in total. The van der Waals surface area contributed by atoms with E-state index in [1.165, 1.54) is 18.3 Å². The average molecular weight is 405 g/mol. The van der Waals surface area contributed by atoms with Gasteiger partial charge in [0.15, 0.2) is 6.10 Å². The molecule has 2 atom stereocenters. The van der Waals surface area contributed by atoms with Crippen LogP contribution in [0.4, 0.5) is 13.2 Å². The van der Waals surface area contributed by atoms with Gasteiger partial charge in [-0.3, -0.25) is 14.8 Å². The van der Waals surface area contributed by atoms with Crippen molar-refractivity contribution in [2.24, 2.45) is 10.9 Å². The number of alkyl halides is 3. The fraction of sp³-hybridized carbons (Fsp3) is 0.381. The molecular formula is C21H22F3N3O2. The molecule has 154 valence electrons. The Kier molecular flexibility index (Phi) is 6.20. The summed E-state index contributed by atoms with van der Waals surface area (Å²) in [5, 5.41) is 2.78. The molecule has 1 aliphatic rings. The van der Waals surface area contributed by atoms with E-state index in [4.69, 9.17) is 4.74 Å². The van der Waals surface area contributed by atoms with E-state index < -0.39 is 23.9 Å². The van der Waals surface area contributed by atoms with Crippen LogP contribution in [0.2, 0.25) is 0 Å². The van der Waals surface area contributed by atoms with Crippen molar-refractivity contribution < 1.29 is 22.7 Å². The highest BCUT2D eigenvalue weighted by Crippen LogP contribution is 2.40. The zero-order valence-corrected chi connectivity index (χ0v) is 16.1. The van der Waals surface area contributed by atoms with Crippen LogP contribution in [-0.2, 0) is 17.5 Å². The van der Waals surface area contributed by atoms with E-state index in [1.807, 2.05) is 13.8 Å². The van der Waals surface area contributed by atoms with Gasteiger partial charge in [-0.05, 0) is 47.7 Å². The van der Waals surface area contributed by atoms with Gasteiger partial charge >= 0.3 is 6.18 Å². The topological polar surface area (TPSA) is 63.6 Å². The first-order valence-electron chi connectivity index (χ1n) is 9.31. The summed E-state index contributed by atoms with van der Waals surface area (Å²) in [6.45, 7) is 4.12. The number of ether oxygens (including phenoxy) is 1. The molecule has 0 saturated heterocycles. The number of aliphatic imine (C=N–C) groups is 1. The molecule has 0 saturated carbocycles. The summed E-state index contributed by atoms with van der Waals surface area (Å²) in [7, 11) is 0. The minimum Gasteiger partial charge on any atom is -0.481 e. The van der Waals surface area contributed by atoms with E-state index >= 15 is 0 Å². The number of aromatic nitrogens is 1. The molecule has 0 aliphatic carbocycles. The van der Waals surface area contributed by atoms with E-state index in [0.29, 0.717) is 6.42 Å². The van der Waals surface area contributed by atoms with Crippen LogP contribution in [0.25, 0.3) is 0 Å². The van der Waals surface area contributed by atoms with E-state index in [2.05, 4.69) is 15.3 Å². The highest BCUT2D eigenvalue weighted by molar-refractivity contribution is 5.81. The molecule has 2 aromatic rings. The lowest BCUT2D eigenvalue weighted by atomic mass is 10.0. The second kappa shape index (κ2) is 8.63. The predicted molar refractivity (Wildman–Crippen MR) is 103 cm³/mol. The Bertz CT molecular complexity index is 876. The van der Waals surface area contributed by atoms with Crippen LogP contribution < -0.4 is 10.1 Å². The lowest BCUT2D eigenvalue weighted by Crippen LogP contribution is -2.39. The molecule has 1 amide bonds. The van der Waals surface area contributed by atoms with Gasteiger partial charge in [0, 0.05) is 25.2 Å². The maximum absolute atomic E-state index is 13.4. The lowest BCUT2D eigenvalue weighted by Gasteiger charge is -2.22. The molecule has 1 aliphatic heterocycles. The highest BCUT2D eigenvalue weighted by Gasteiger charge is 2.37.